The van der Waals surface area contributed by atoms with Crippen molar-refractivity contribution in [1.82, 2.24) is 5.32 Å². The van der Waals surface area contributed by atoms with E-state index in [9.17, 15) is 0 Å². The lowest BCUT2D eigenvalue weighted by Crippen LogP contribution is -2.48. The summed E-state index contributed by atoms with van der Waals surface area (Å²) in [6.45, 7) is 9.72. The molecule has 1 rings (SSSR count). The normalized spacial score (nSPS) is 15.7. The average molecular weight is 290 g/mol. The summed E-state index contributed by atoms with van der Waals surface area (Å²) in [4.78, 5) is 1.30. The van der Waals surface area contributed by atoms with Crippen LogP contribution in [0.1, 0.15) is 32.6 Å². The molecule has 0 saturated heterocycles. The van der Waals surface area contributed by atoms with Crippen molar-refractivity contribution in [3.8, 4) is 0 Å². The summed E-state index contributed by atoms with van der Waals surface area (Å²) in [5.41, 5.74) is 0.114. The van der Waals surface area contributed by atoms with Gasteiger partial charge in [0.1, 0.15) is 0 Å². The molecule has 0 amide bonds. The van der Waals surface area contributed by atoms with Crippen LogP contribution in [0.5, 0.6) is 0 Å². The fourth-order valence-corrected chi connectivity index (χ4v) is 3.49. The highest BCUT2D eigenvalue weighted by atomic mass is 35.5. The molecular weight excluding hydrogens is 266 g/mol. The molecule has 0 radical (unpaired) electrons. The summed E-state index contributed by atoms with van der Waals surface area (Å²) >= 11 is 7.64. The number of hydrogen-bond donors (Lipinski definition) is 1. The van der Waals surface area contributed by atoms with Crippen molar-refractivity contribution < 1.29 is 4.74 Å². The van der Waals surface area contributed by atoms with Crippen LogP contribution >= 0.6 is 22.9 Å². The third-order valence-corrected chi connectivity index (χ3v) is 4.24. The first-order chi connectivity index (χ1) is 8.38. The number of methoxy groups -OCH3 is 1. The number of ether oxygens (including phenoxy) is 1. The predicted octanol–water partition coefficient (Wildman–Crippen LogP) is 3.98. The van der Waals surface area contributed by atoms with Gasteiger partial charge in [0.25, 0.3) is 0 Å². The number of likely N-dealkylation sites (N-methyl/N-ethyl adjacent to an activating group) is 1. The van der Waals surface area contributed by atoms with Gasteiger partial charge in [-0.2, -0.15) is 0 Å². The lowest BCUT2D eigenvalue weighted by Gasteiger charge is -2.36. The van der Waals surface area contributed by atoms with Crippen molar-refractivity contribution in [3.05, 3.63) is 21.3 Å². The predicted molar refractivity (Wildman–Crippen MR) is 80.7 cm³/mol. The van der Waals surface area contributed by atoms with E-state index in [2.05, 4.69) is 39.1 Å². The maximum Gasteiger partial charge on any atom is 0.0931 e. The van der Waals surface area contributed by atoms with E-state index < -0.39 is 0 Å². The monoisotopic (exact) mass is 289 g/mol. The second-order valence-corrected chi connectivity index (χ2v) is 7.40. The average Bonchev–Trinajstić information content (AvgIpc) is 2.63. The number of hydrogen-bond acceptors (Lipinski definition) is 3. The van der Waals surface area contributed by atoms with Gasteiger partial charge in [0, 0.05) is 18.0 Å². The molecule has 2 unspecified atom stereocenters. The Morgan fingerprint density at radius 2 is 2.06 bits per heavy atom. The van der Waals surface area contributed by atoms with E-state index in [1.54, 1.807) is 18.4 Å². The van der Waals surface area contributed by atoms with Gasteiger partial charge in [-0.3, -0.25) is 0 Å². The zero-order valence-corrected chi connectivity index (χ0v) is 13.5. The Hall–Kier alpha value is -0.0900. The molecule has 0 aliphatic carbocycles. The molecule has 0 spiro atoms. The maximum absolute atomic E-state index is 5.99. The molecule has 1 heterocycles. The summed E-state index contributed by atoms with van der Waals surface area (Å²) in [6.07, 6.45) is 1.14. The molecule has 18 heavy (non-hydrogen) atoms. The second-order valence-electron chi connectivity index (χ2n) is 5.60. The molecule has 1 aromatic rings. The topological polar surface area (TPSA) is 21.3 Å². The van der Waals surface area contributed by atoms with Gasteiger partial charge in [0.05, 0.1) is 10.4 Å². The van der Waals surface area contributed by atoms with Crippen LogP contribution in [0.25, 0.3) is 0 Å². The zero-order chi connectivity index (χ0) is 13.8. The van der Waals surface area contributed by atoms with Crippen LogP contribution in [0.15, 0.2) is 12.1 Å². The third kappa shape index (κ3) is 4.54. The molecule has 0 bridgehead atoms. The van der Waals surface area contributed by atoms with Gasteiger partial charge in [-0.25, -0.2) is 0 Å². The largest absolute Gasteiger partial charge is 0.379 e. The standard InChI is InChI=1S/C14H24ClNOS/c1-6-16-11(13(17-5)14(2,3)4)9-10-7-8-12(15)18-10/h7-8,11,13,16H,6,9H2,1-5H3. The molecule has 1 N–H and O–H groups in total. The third-order valence-electron chi connectivity index (χ3n) is 2.99. The molecule has 2 atom stereocenters. The molecule has 104 valence electrons. The van der Waals surface area contributed by atoms with E-state index in [-0.39, 0.29) is 11.5 Å². The molecule has 0 fully saturated rings. The Balaban J connectivity index is 2.80. The molecule has 0 aromatic carbocycles. The number of halogens is 1. The van der Waals surface area contributed by atoms with Crippen molar-refractivity contribution >= 4 is 22.9 Å². The van der Waals surface area contributed by atoms with Gasteiger partial charge >= 0.3 is 0 Å². The van der Waals surface area contributed by atoms with Gasteiger partial charge in [-0.15, -0.1) is 11.3 Å². The molecule has 0 saturated carbocycles. The molecule has 0 aliphatic heterocycles. The fourth-order valence-electron chi connectivity index (χ4n) is 2.35. The van der Waals surface area contributed by atoms with Crippen LogP contribution in [-0.2, 0) is 11.2 Å². The SMILES string of the molecule is CCNC(Cc1ccc(Cl)s1)C(OC)C(C)(C)C. The van der Waals surface area contributed by atoms with Crippen molar-refractivity contribution in [1.29, 1.82) is 0 Å². The Kier molecular flexibility index (Phi) is 6.12. The van der Waals surface area contributed by atoms with Crippen LogP contribution in [0.3, 0.4) is 0 Å². The highest BCUT2D eigenvalue weighted by Crippen LogP contribution is 2.29. The van der Waals surface area contributed by atoms with E-state index >= 15 is 0 Å². The highest BCUT2D eigenvalue weighted by molar-refractivity contribution is 7.16. The molecule has 2 nitrogen and oxygen atoms in total. The summed E-state index contributed by atoms with van der Waals surface area (Å²) in [7, 11) is 1.79. The zero-order valence-electron chi connectivity index (χ0n) is 11.9. The number of rotatable bonds is 6. The second kappa shape index (κ2) is 6.90. The fraction of sp³-hybridized carbons (Fsp3) is 0.714. The van der Waals surface area contributed by atoms with Crippen molar-refractivity contribution in [2.24, 2.45) is 5.41 Å². The smallest absolute Gasteiger partial charge is 0.0931 e. The van der Waals surface area contributed by atoms with Crippen LogP contribution in [0.4, 0.5) is 0 Å². The summed E-state index contributed by atoms with van der Waals surface area (Å²) in [5.74, 6) is 0. The van der Waals surface area contributed by atoms with E-state index in [0.29, 0.717) is 6.04 Å². The minimum atomic E-state index is 0.114. The highest BCUT2D eigenvalue weighted by Gasteiger charge is 2.32. The first-order valence-corrected chi connectivity index (χ1v) is 7.58. The number of nitrogens with one attached hydrogen (secondary N) is 1. The minimum Gasteiger partial charge on any atom is -0.379 e. The molecular formula is C14H24ClNOS. The van der Waals surface area contributed by atoms with E-state index in [1.165, 1.54) is 4.88 Å². The lowest BCUT2D eigenvalue weighted by molar-refractivity contribution is -0.0104. The van der Waals surface area contributed by atoms with Crippen LogP contribution < -0.4 is 5.32 Å². The lowest BCUT2D eigenvalue weighted by atomic mass is 9.83. The Bertz CT molecular complexity index is 359. The first kappa shape index (κ1) is 16.0. The van der Waals surface area contributed by atoms with Crippen LogP contribution in [-0.4, -0.2) is 25.8 Å². The van der Waals surface area contributed by atoms with Crippen LogP contribution in [0, 0.1) is 5.41 Å². The molecule has 4 heteroatoms. The van der Waals surface area contributed by atoms with Crippen molar-refractivity contribution in [3.63, 3.8) is 0 Å². The van der Waals surface area contributed by atoms with Gasteiger partial charge in [-0.1, -0.05) is 39.3 Å². The maximum atomic E-state index is 5.99. The van der Waals surface area contributed by atoms with E-state index in [1.807, 2.05) is 6.07 Å². The van der Waals surface area contributed by atoms with Gasteiger partial charge in [0.2, 0.25) is 0 Å². The van der Waals surface area contributed by atoms with Crippen molar-refractivity contribution in [2.45, 2.75) is 46.3 Å². The quantitative estimate of drug-likeness (QED) is 0.855. The summed E-state index contributed by atoms with van der Waals surface area (Å²) in [6, 6.07) is 4.38. The van der Waals surface area contributed by atoms with E-state index in [4.69, 9.17) is 16.3 Å². The number of thiophene rings is 1. The Morgan fingerprint density at radius 3 is 2.44 bits per heavy atom. The molecule has 1 aromatic heterocycles. The Morgan fingerprint density at radius 1 is 1.39 bits per heavy atom. The van der Waals surface area contributed by atoms with Gasteiger partial charge in [-0.05, 0) is 30.5 Å². The minimum absolute atomic E-state index is 0.114. The Labute approximate surface area is 120 Å². The van der Waals surface area contributed by atoms with Gasteiger partial charge < -0.3 is 10.1 Å². The van der Waals surface area contributed by atoms with E-state index in [0.717, 1.165) is 17.3 Å². The summed E-state index contributed by atoms with van der Waals surface area (Å²) in [5, 5.41) is 3.54. The summed E-state index contributed by atoms with van der Waals surface area (Å²) < 4.78 is 6.57. The van der Waals surface area contributed by atoms with Crippen molar-refractivity contribution in [2.75, 3.05) is 13.7 Å². The molecule has 0 aliphatic rings. The first-order valence-electron chi connectivity index (χ1n) is 6.39. The van der Waals surface area contributed by atoms with Crippen LogP contribution in [0.2, 0.25) is 4.34 Å². The van der Waals surface area contributed by atoms with Gasteiger partial charge in [0.15, 0.2) is 0 Å².